The summed E-state index contributed by atoms with van der Waals surface area (Å²) < 4.78 is 60.9. The molecule has 4 heteroatoms. The van der Waals surface area contributed by atoms with Crippen LogP contribution in [0, 0.1) is 0 Å². The molecule has 4 nitrogen and oxygen atoms in total. The second-order valence-corrected chi connectivity index (χ2v) is 3.79. The van der Waals surface area contributed by atoms with Crippen LogP contribution in [0.2, 0.25) is 0 Å². The summed E-state index contributed by atoms with van der Waals surface area (Å²) in [4.78, 5) is 10.9. The Morgan fingerprint density at radius 3 is 2.79 bits per heavy atom. The molecule has 0 fully saturated rings. The molecule has 0 bridgehead atoms. The Labute approximate surface area is 121 Å². The maximum absolute atomic E-state index is 10.9. The van der Waals surface area contributed by atoms with Gasteiger partial charge in [-0.25, -0.2) is 5.48 Å². The molecule has 100 valence electrons. The van der Waals surface area contributed by atoms with E-state index in [1.165, 1.54) is 5.48 Å². The van der Waals surface area contributed by atoms with Crippen LogP contribution in [0.25, 0.3) is 10.8 Å². The van der Waals surface area contributed by atoms with Crippen molar-refractivity contribution in [1.29, 1.82) is 0 Å². The molecule has 0 saturated heterocycles. The lowest BCUT2D eigenvalue weighted by Gasteiger charge is -2.07. The summed E-state index contributed by atoms with van der Waals surface area (Å²) in [6, 6.07) is -3.20. The van der Waals surface area contributed by atoms with Gasteiger partial charge in [0.15, 0.2) is 0 Å². The molecule has 0 saturated carbocycles. The van der Waals surface area contributed by atoms with Gasteiger partial charge in [0.1, 0.15) is 5.75 Å². The van der Waals surface area contributed by atoms with Gasteiger partial charge in [0.2, 0.25) is 5.91 Å². The Morgan fingerprint density at radius 1 is 1.21 bits per heavy atom. The van der Waals surface area contributed by atoms with Gasteiger partial charge in [-0.3, -0.25) is 10.0 Å². The lowest BCUT2D eigenvalue weighted by atomic mass is 10.1. The number of ether oxygens (including phenoxy) is 1. The lowest BCUT2D eigenvalue weighted by Crippen LogP contribution is -2.18. The van der Waals surface area contributed by atoms with Crippen molar-refractivity contribution in [3.05, 3.63) is 42.3 Å². The van der Waals surface area contributed by atoms with Crippen molar-refractivity contribution in [2.45, 2.75) is 19.3 Å². The molecule has 0 unspecified atom stereocenters. The molecule has 1 amide bonds. The number of carbonyl (C=O) groups excluding carboxylic acids is 1. The van der Waals surface area contributed by atoms with E-state index in [1.807, 2.05) is 0 Å². The number of rotatable bonds is 6. The van der Waals surface area contributed by atoms with E-state index in [2.05, 4.69) is 0 Å². The fourth-order valence-electron chi connectivity index (χ4n) is 1.45. The second kappa shape index (κ2) is 6.75. The van der Waals surface area contributed by atoms with Gasteiger partial charge in [-0.2, -0.15) is 0 Å². The number of unbranched alkanes of at least 4 members (excludes halogenated alkanes) is 1. The molecule has 2 N–H and O–H groups in total. The molecular weight excluding hydrogens is 242 g/mol. The quantitative estimate of drug-likeness (QED) is 0.480. The van der Waals surface area contributed by atoms with Crippen molar-refractivity contribution in [1.82, 2.24) is 5.48 Å². The zero-order valence-electron chi connectivity index (χ0n) is 17.1. The number of fused-ring (bicyclic) bond motifs is 1. The van der Waals surface area contributed by atoms with E-state index in [4.69, 9.17) is 19.5 Å². The van der Waals surface area contributed by atoms with Crippen LogP contribution in [0.5, 0.6) is 5.75 Å². The number of hydrogen-bond donors (Lipinski definition) is 2. The fraction of sp³-hybridized carbons (Fsp3) is 0.267. The Kier molecular flexibility index (Phi) is 2.46. The molecule has 19 heavy (non-hydrogen) atoms. The first kappa shape index (κ1) is 6.91. The SMILES string of the molecule is [2H]c1c([2H])c([2H])c2c([2H])c(OCCCCC(=O)NO)c([2H])c([2H])c2c1[2H]. The van der Waals surface area contributed by atoms with Crippen LogP contribution in [0.4, 0.5) is 0 Å². The van der Waals surface area contributed by atoms with Crippen LogP contribution in [0.1, 0.15) is 28.9 Å². The van der Waals surface area contributed by atoms with E-state index in [0.29, 0.717) is 12.8 Å². The first-order valence-electron chi connectivity index (χ1n) is 9.27. The van der Waals surface area contributed by atoms with Gasteiger partial charge in [0, 0.05) is 6.42 Å². The number of benzene rings is 2. The molecule has 0 aromatic heterocycles. The molecule has 0 aliphatic heterocycles. The van der Waals surface area contributed by atoms with Gasteiger partial charge < -0.3 is 4.74 Å². The Balaban J connectivity index is 2.38. The minimum absolute atomic E-state index is 0.0484. The van der Waals surface area contributed by atoms with Gasteiger partial charge >= 0.3 is 0 Å². The summed E-state index contributed by atoms with van der Waals surface area (Å²) in [5, 5.41) is 8.06. The first-order valence-corrected chi connectivity index (χ1v) is 5.77. The summed E-state index contributed by atoms with van der Waals surface area (Å²) in [6.07, 6.45) is 0.870. The predicted molar refractivity (Wildman–Crippen MR) is 73.2 cm³/mol. The van der Waals surface area contributed by atoms with Crippen LogP contribution in [-0.4, -0.2) is 17.7 Å². The topological polar surface area (TPSA) is 58.6 Å². The van der Waals surface area contributed by atoms with Gasteiger partial charge in [0.25, 0.3) is 0 Å². The fourth-order valence-corrected chi connectivity index (χ4v) is 1.45. The zero-order chi connectivity index (χ0) is 19.6. The summed E-state index contributed by atoms with van der Waals surface area (Å²) in [5.74, 6) is -0.776. The maximum atomic E-state index is 10.9. The Hall–Kier alpha value is -2.07. The summed E-state index contributed by atoms with van der Waals surface area (Å²) in [5.41, 5.74) is 1.50. The molecule has 0 heterocycles. The maximum Gasteiger partial charge on any atom is 0.243 e. The molecule has 0 radical (unpaired) electrons. The zero-order valence-corrected chi connectivity index (χ0v) is 10.1. The summed E-state index contributed by atoms with van der Waals surface area (Å²) in [6.45, 7) is 0.0484. The summed E-state index contributed by atoms with van der Waals surface area (Å²) >= 11 is 0. The first-order chi connectivity index (χ1) is 12.2. The van der Waals surface area contributed by atoms with Gasteiger partial charge in [-0.05, 0) is 35.7 Å². The van der Waals surface area contributed by atoms with Crippen LogP contribution in [-0.2, 0) is 4.79 Å². The van der Waals surface area contributed by atoms with Gasteiger partial charge in [-0.15, -0.1) is 0 Å². The van der Waals surface area contributed by atoms with Crippen LogP contribution in [0.15, 0.2) is 42.3 Å². The van der Waals surface area contributed by atoms with Crippen molar-refractivity contribution in [3.8, 4) is 5.75 Å². The van der Waals surface area contributed by atoms with Crippen LogP contribution in [0.3, 0.4) is 0 Å². The molecule has 0 spiro atoms. The van der Waals surface area contributed by atoms with Crippen molar-refractivity contribution in [3.63, 3.8) is 0 Å². The normalized spacial score (nSPS) is 15.5. The van der Waals surface area contributed by atoms with Crippen molar-refractivity contribution >= 4 is 16.7 Å². The molecule has 2 aromatic rings. The van der Waals surface area contributed by atoms with E-state index < -0.39 is 42.2 Å². The van der Waals surface area contributed by atoms with Crippen molar-refractivity contribution in [2.75, 3.05) is 6.61 Å². The predicted octanol–water partition coefficient (Wildman–Crippen LogP) is 2.89. The Morgan fingerprint density at radius 2 is 2.00 bits per heavy atom. The number of amides is 1. The number of hydrogen-bond acceptors (Lipinski definition) is 3. The standard InChI is InChI=1S/C15H17NO3/c17-15(16-18)7-3-4-10-19-14-9-8-12-5-1-2-6-13(12)11-14/h1-2,5-6,8-9,11,18H,3-4,7,10H2,(H,16,17)/i1D,2D,5D,6D,8D,9D,11D. The lowest BCUT2D eigenvalue weighted by molar-refractivity contribution is -0.129. The highest BCUT2D eigenvalue weighted by molar-refractivity contribution is 5.83. The molecule has 0 aliphatic rings. The van der Waals surface area contributed by atoms with Gasteiger partial charge in [-0.1, -0.05) is 30.2 Å². The van der Waals surface area contributed by atoms with E-state index in [9.17, 15) is 4.79 Å². The Bertz CT molecular complexity index is 873. The number of carbonyl (C=O) groups is 1. The molecule has 2 aromatic carbocycles. The third-order valence-electron chi connectivity index (χ3n) is 2.40. The smallest absolute Gasteiger partial charge is 0.243 e. The second-order valence-electron chi connectivity index (χ2n) is 3.79. The van der Waals surface area contributed by atoms with Crippen LogP contribution < -0.4 is 10.2 Å². The number of hydroxylamine groups is 1. The highest BCUT2D eigenvalue weighted by Crippen LogP contribution is 2.20. The van der Waals surface area contributed by atoms with Crippen molar-refractivity contribution < 1.29 is 24.3 Å². The van der Waals surface area contributed by atoms with E-state index in [0.717, 1.165) is 0 Å². The highest BCUT2D eigenvalue weighted by Gasteiger charge is 2.00. The minimum atomic E-state index is -0.539. The van der Waals surface area contributed by atoms with E-state index in [1.54, 1.807) is 0 Å². The molecule has 2 rings (SSSR count). The molecule has 0 atom stereocenters. The average molecular weight is 266 g/mol. The largest absolute Gasteiger partial charge is 0.494 e. The third-order valence-corrected chi connectivity index (χ3v) is 2.40. The van der Waals surface area contributed by atoms with Crippen molar-refractivity contribution in [2.24, 2.45) is 0 Å². The van der Waals surface area contributed by atoms with E-state index >= 15 is 0 Å². The van der Waals surface area contributed by atoms with E-state index in [-0.39, 0.29) is 35.6 Å². The number of nitrogens with one attached hydrogen (secondary N) is 1. The van der Waals surface area contributed by atoms with Crippen LogP contribution >= 0.6 is 0 Å². The van der Waals surface area contributed by atoms with Gasteiger partial charge in [0.05, 0.1) is 16.2 Å². The molecule has 0 aliphatic carbocycles. The highest BCUT2D eigenvalue weighted by atomic mass is 16.5. The average Bonchev–Trinajstić information content (AvgIpc) is 2.62. The third kappa shape index (κ3) is 3.96. The minimum Gasteiger partial charge on any atom is -0.494 e. The monoisotopic (exact) mass is 266 g/mol. The summed E-state index contributed by atoms with van der Waals surface area (Å²) in [7, 11) is 0. The molecular formula is C15H17NO3.